The Labute approximate surface area is 118 Å². The molecule has 2 aromatic rings. The maximum Gasteiger partial charge on any atom is 0.273 e. The van der Waals surface area contributed by atoms with Crippen LogP contribution in [0.25, 0.3) is 10.9 Å². The van der Waals surface area contributed by atoms with Crippen LogP contribution < -0.4 is 5.32 Å². The summed E-state index contributed by atoms with van der Waals surface area (Å²) in [5, 5.41) is 15.1. The van der Waals surface area contributed by atoms with E-state index in [9.17, 15) is 10.1 Å². The number of pyridine rings is 1. The molecule has 0 saturated carbocycles. The van der Waals surface area contributed by atoms with Gasteiger partial charge in [-0.1, -0.05) is 13.8 Å². The molecule has 106 valence electrons. The Morgan fingerprint density at radius 1 is 1.30 bits per heavy atom. The van der Waals surface area contributed by atoms with Gasteiger partial charge in [0.05, 0.1) is 10.4 Å². The van der Waals surface area contributed by atoms with Crippen LogP contribution in [0, 0.1) is 24.0 Å². The Morgan fingerprint density at radius 3 is 2.45 bits per heavy atom. The van der Waals surface area contributed by atoms with Gasteiger partial charge >= 0.3 is 0 Å². The molecule has 0 fully saturated rings. The largest absolute Gasteiger partial charge is 0.373 e. The van der Waals surface area contributed by atoms with Crippen LogP contribution in [0.4, 0.5) is 11.5 Å². The van der Waals surface area contributed by atoms with E-state index < -0.39 is 0 Å². The standard InChI is InChI=1S/C15H19N3O2/c1-8(2)11-7-12-10(4)13(18(19)20)6-9(3)14(12)17-15(11)16-5/h6-8H,1-5H3,(H,16,17). The smallest absolute Gasteiger partial charge is 0.273 e. The lowest BCUT2D eigenvalue weighted by molar-refractivity contribution is -0.385. The number of benzene rings is 1. The maximum atomic E-state index is 11.1. The molecule has 1 N–H and O–H groups in total. The number of aryl methyl sites for hydroxylation is 2. The summed E-state index contributed by atoms with van der Waals surface area (Å²) in [6.07, 6.45) is 0. The molecule has 0 saturated heterocycles. The zero-order chi connectivity index (χ0) is 15.0. The topological polar surface area (TPSA) is 68.1 Å². The fourth-order valence-corrected chi connectivity index (χ4v) is 2.46. The van der Waals surface area contributed by atoms with Gasteiger partial charge in [-0.25, -0.2) is 4.98 Å². The summed E-state index contributed by atoms with van der Waals surface area (Å²) < 4.78 is 0. The quantitative estimate of drug-likeness (QED) is 0.679. The van der Waals surface area contributed by atoms with Gasteiger partial charge in [-0.05, 0) is 37.0 Å². The Morgan fingerprint density at radius 2 is 1.95 bits per heavy atom. The highest BCUT2D eigenvalue weighted by molar-refractivity contribution is 5.90. The van der Waals surface area contributed by atoms with E-state index in [0.717, 1.165) is 27.8 Å². The number of nitrogens with zero attached hydrogens (tertiary/aromatic N) is 2. The Hall–Kier alpha value is -2.17. The lowest BCUT2D eigenvalue weighted by Crippen LogP contribution is -2.03. The Bertz CT molecular complexity index is 693. The highest BCUT2D eigenvalue weighted by Crippen LogP contribution is 2.33. The van der Waals surface area contributed by atoms with Crippen molar-refractivity contribution in [2.24, 2.45) is 0 Å². The Balaban J connectivity index is 2.89. The molecule has 5 nitrogen and oxygen atoms in total. The normalized spacial score (nSPS) is 11.1. The second kappa shape index (κ2) is 5.07. The molecule has 0 radical (unpaired) electrons. The first kappa shape index (κ1) is 14.2. The van der Waals surface area contributed by atoms with Crippen LogP contribution in [0.2, 0.25) is 0 Å². The van der Waals surface area contributed by atoms with Gasteiger partial charge in [0.2, 0.25) is 0 Å². The van der Waals surface area contributed by atoms with Crippen molar-refractivity contribution >= 4 is 22.4 Å². The molecule has 0 amide bonds. The van der Waals surface area contributed by atoms with Crippen LogP contribution in [0.3, 0.4) is 0 Å². The SMILES string of the molecule is CNc1nc2c(C)cc([N+](=O)[O-])c(C)c2cc1C(C)C. The van der Waals surface area contributed by atoms with Crippen molar-refractivity contribution in [2.45, 2.75) is 33.6 Å². The minimum absolute atomic E-state index is 0.156. The van der Waals surface area contributed by atoms with Crippen LogP contribution in [-0.2, 0) is 0 Å². The van der Waals surface area contributed by atoms with Crippen molar-refractivity contribution in [1.82, 2.24) is 4.98 Å². The van der Waals surface area contributed by atoms with Crippen LogP contribution in [0.1, 0.15) is 36.5 Å². The van der Waals surface area contributed by atoms with Crippen molar-refractivity contribution in [3.63, 3.8) is 0 Å². The first-order chi connectivity index (χ1) is 9.36. The molecule has 1 heterocycles. The predicted molar refractivity (Wildman–Crippen MR) is 81.5 cm³/mol. The van der Waals surface area contributed by atoms with Gasteiger partial charge in [0, 0.05) is 24.1 Å². The molecule has 0 bridgehead atoms. The van der Waals surface area contributed by atoms with Crippen molar-refractivity contribution in [1.29, 1.82) is 0 Å². The van der Waals surface area contributed by atoms with Gasteiger partial charge in [-0.15, -0.1) is 0 Å². The fraction of sp³-hybridized carbons (Fsp3) is 0.400. The van der Waals surface area contributed by atoms with E-state index in [0.29, 0.717) is 11.5 Å². The number of fused-ring (bicyclic) bond motifs is 1. The van der Waals surface area contributed by atoms with E-state index >= 15 is 0 Å². The zero-order valence-electron chi connectivity index (χ0n) is 12.4. The number of nitro groups is 1. The van der Waals surface area contributed by atoms with E-state index in [1.807, 2.05) is 20.0 Å². The summed E-state index contributed by atoms with van der Waals surface area (Å²) in [6, 6.07) is 3.62. The monoisotopic (exact) mass is 273 g/mol. The molecule has 0 atom stereocenters. The summed E-state index contributed by atoms with van der Waals surface area (Å²) in [5.74, 6) is 1.14. The second-order valence-corrected chi connectivity index (χ2v) is 5.32. The minimum Gasteiger partial charge on any atom is -0.373 e. The van der Waals surface area contributed by atoms with Gasteiger partial charge in [0.15, 0.2) is 0 Å². The fourth-order valence-electron chi connectivity index (χ4n) is 2.46. The zero-order valence-corrected chi connectivity index (χ0v) is 12.4. The summed E-state index contributed by atoms with van der Waals surface area (Å²) in [4.78, 5) is 15.4. The van der Waals surface area contributed by atoms with E-state index in [-0.39, 0.29) is 10.6 Å². The van der Waals surface area contributed by atoms with Crippen LogP contribution >= 0.6 is 0 Å². The third kappa shape index (κ3) is 2.19. The predicted octanol–water partition coefficient (Wildman–Crippen LogP) is 3.92. The summed E-state index contributed by atoms with van der Waals surface area (Å²) in [6.45, 7) is 7.81. The number of hydrogen-bond donors (Lipinski definition) is 1. The van der Waals surface area contributed by atoms with Crippen molar-refractivity contribution in [3.05, 3.63) is 38.9 Å². The summed E-state index contributed by atoms with van der Waals surface area (Å²) in [5.41, 5.74) is 3.55. The lowest BCUT2D eigenvalue weighted by Gasteiger charge is -2.15. The van der Waals surface area contributed by atoms with Gasteiger partial charge in [-0.3, -0.25) is 10.1 Å². The summed E-state index contributed by atoms with van der Waals surface area (Å²) in [7, 11) is 1.84. The van der Waals surface area contributed by atoms with Gasteiger partial charge < -0.3 is 5.32 Å². The number of nitro benzene ring substituents is 1. The van der Waals surface area contributed by atoms with E-state index in [1.54, 1.807) is 13.0 Å². The molecule has 20 heavy (non-hydrogen) atoms. The summed E-state index contributed by atoms with van der Waals surface area (Å²) >= 11 is 0. The molecule has 0 spiro atoms. The van der Waals surface area contributed by atoms with Crippen molar-refractivity contribution in [3.8, 4) is 0 Å². The first-order valence-corrected chi connectivity index (χ1v) is 6.63. The van der Waals surface area contributed by atoms with Crippen LogP contribution in [0.5, 0.6) is 0 Å². The van der Waals surface area contributed by atoms with Gasteiger partial charge in [-0.2, -0.15) is 0 Å². The minimum atomic E-state index is -0.331. The molecular weight excluding hydrogens is 254 g/mol. The average Bonchev–Trinajstić information content (AvgIpc) is 2.40. The van der Waals surface area contributed by atoms with E-state index in [1.165, 1.54) is 0 Å². The van der Waals surface area contributed by atoms with Crippen LogP contribution in [0.15, 0.2) is 12.1 Å². The number of nitrogens with one attached hydrogen (secondary N) is 1. The van der Waals surface area contributed by atoms with Crippen molar-refractivity contribution < 1.29 is 4.92 Å². The van der Waals surface area contributed by atoms with Crippen molar-refractivity contribution in [2.75, 3.05) is 12.4 Å². The second-order valence-electron chi connectivity index (χ2n) is 5.32. The molecule has 0 aliphatic heterocycles. The molecular formula is C15H19N3O2. The average molecular weight is 273 g/mol. The van der Waals surface area contributed by atoms with Gasteiger partial charge in [0.25, 0.3) is 5.69 Å². The highest BCUT2D eigenvalue weighted by Gasteiger charge is 2.18. The van der Waals surface area contributed by atoms with E-state index in [2.05, 4.69) is 24.1 Å². The van der Waals surface area contributed by atoms with Gasteiger partial charge in [0.1, 0.15) is 5.82 Å². The highest BCUT2D eigenvalue weighted by atomic mass is 16.6. The molecule has 1 aromatic heterocycles. The molecule has 0 unspecified atom stereocenters. The number of rotatable bonds is 3. The Kier molecular flexibility index (Phi) is 3.61. The molecule has 0 aliphatic rings. The third-order valence-corrected chi connectivity index (χ3v) is 3.62. The van der Waals surface area contributed by atoms with E-state index in [4.69, 9.17) is 0 Å². The molecule has 1 aromatic carbocycles. The molecule has 5 heteroatoms. The number of anilines is 1. The molecule has 0 aliphatic carbocycles. The lowest BCUT2D eigenvalue weighted by atomic mass is 9.97. The maximum absolute atomic E-state index is 11.1. The third-order valence-electron chi connectivity index (χ3n) is 3.62. The first-order valence-electron chi connectivity index (χ1n) is 6.63. The number of aromatic nitrogens is 1. The molecule has 2 rings (SSSR count). The van der Waals surface area contributed by atoms with Crippen LogP contribution in [-0.4, -0.2) is 17.0 Å². The number of hydrogen-bond acceptors (Lipinski definition) is 4.